The number of hydrogen-bond acceptors (Lipinski definition) is 4. The van der Waals surface area contributed by atoms with E-state index < -0.39 is 41.7 Å². The summed E-state index contributed by atoms with van der Waals surface area (Å²) in [6.07, 6.45) is 0.0589. The summed E-state index contributed by atoms with van der Waals surface area (Å²) in [5, 5.41) is 2.38. The number of halogens is 3. The molecule has 3 rings (SSSR count). The summed E-state index contributed by atoms with van der Waals surface area (Å²) in [4.78, 5) is 38.2. The second-order valence-electron chi connectivity index (χ2n) is 6.20. The number of carbonyl (C=O) groups excluding carboxylic acids is 3. The number of amides is 2. The fraction of sp³-hybridized carbons (Fsp3) is 0.211. The molecule has 146 valence electrons. The Morgan fingerprint density at radius 1 is 1.25 bits per heavy atom. The van der Waals surface area contributed by atoms with Crippen LogP contribution in [0, 0.1) is 11.6 Å². The number of nitrogens with zero attached hydrogens (tertiary/aromatic N) is 1. The molecule has 0 bridgehead atoms. The van der Waals surface area contributed by atoms with Gasteiger partial charge in [0.25, 0.3) is 5.91 Å². The highest BCUT2D eigenvalue weighted by molar-refractivity contribution is 6.33. The fourth-order valence-electron chi connectivity index (χ4n) is 2.92. The van der Waals surface area contributed by atoms with Gasteiger partial charge in [0.1, 0.15) is 0 Å². The predicted molar refractivity (Wildman–Crippen MR) is 98.3 cm³/mol. The minimum absolute atomic E-state index is 0.0589. The van der Waals surface area contributed by atoms with Crippen molar-refractivity contribution < 1.29 is 27.9 Å². The SMILES string of the molecule is C[C@H]1CC(=O)Nc2ccccc2N1C(=O)COC(=O)c1cc(F)c(F)cc1Cl. The van der Waals surface area contributed by atoms with Crippen molar-refractivity contribution in [3.05, 3.63) is 58.6 Å². The number of ether oxygens (including phenoxy) is 1. The van der Waals surface area contributed by atoms with E-state index in [0.29, 0.717) is 23.5 Å². The predicted octanol–water partition coefficient (Wildman–Crippen LogP) is 3.54. The van der Waals surface area contributed by atoms with Gasteiger partial charge in [-0.05, 0) is 31.2 Å². The molecular weight excluding hydrogens is 394 g/mol. The van der Waals surface area contributed by atoms with Gasteiger partial charge in [0.2, 0.25) is 5.91 Å². The highest BCUT2D eigenvalue weighted by Gasteiger charge is 2.30. The lowest BCUT2D eigenvalue weighted by molar-refractivity contribution is -0.122. The third-order valence-corrected chi connectivity index (χ3v) is 4.50. The van der Waals surface area contributed by atoms with Crippen molar-refractivity contribution in [1.29, 1.82) is 0 Å². The number of fused-ring (bicyclic) bond motifs is 1. The number of carbonyl (C=O) groups is 3. The van der Waals surface area contributed by atoms with Crippen molar-refractivity contribution in [3.63, 3.8) is 0 Å². The molecule has 6 nitrogen and oxygen atoms in total. The van der Waals surface area contributed by atoms with Crippen LogP contribution in [0.1, 0.15) is 23.7 Å². The molecule has 0 aliphatic carbocycles. The Morgan fingerprint density at radius 2 is 1.93 bits per heavy atom. The zero-order valence-electron chi connectivity index (χ0n) is 14.7. The summed E-state index contributed by atoms with van der Waals surface area (Å²) in [5.74, 6) is -4.36. The molecule has 0 saturated heterocycles. The van der Waals surface area contributed by atoms with Gasteiger partial charge in [-0.1, -0.05) is 23.7 Å². The lowest BCUT2D eigenvalue weighted by atomic mass is 10.1. The molecule has 2 aromatic carbocycles. The minimum Gasteiger partial charge on any atom is -0.452 e. The molecule has 0 aromatic heterocycles. The van der Waals surface area contributed by atoms with Gasteiger partial charge in [-0.15, -0.1) is 0 Å². The Kier molecular flexibility index (Phi) is 5.60. The molecule has 0 saturated carbocycles. The van der Waals surface area contributed by atoms with E-state index in [2.05, 4.69) is 5.32 Å². The first-order valence-electron chi connectivity index (χ1n) is 8.30. The summed E-state index contributed by atoms with van der Waals surface area (Å²) in [7, 11) is 0. The van der Waals surface area contributed by atoms with Gasteiger partial charge in [-0.25, -0.2) is 13.6 Å². The maximum Gasteiger partial charge on any atom is 0.340 e. The summed E-state index contributed by atoms with van der Waals surface area (Å²) < 4.78 is 31.4. The highest BCUT2D eigenvalue weighted by atomic mass is 35.5. The average Bonchev–Trinajstić information content (AvgIpc) is 2.76. The molecule has 9 heteroatoms. The van der Waals surface area contributed by atoms with E-state index in [-0.39, 0.29) is 17.4 Å². The van der Waals surface area contributed by atoms with Crippen LogP contribution in [0.25, 0.3) is 0 Å². The van der Waals surface area contributed by atoms with Gasteiger partial charge in [-0.3, -0.25) is 9.59 Å². The van der Waals surface area contributed by atoms with Gasteiger partial charge < -0.3 is 15.0 Å². The van der Waals surface area contributed by atoms with Crippen LogP contribution >= 0.6 is 11.6 Å². The monoisotopic (exact) mass is 408 g/mol. The van der Waals surface area contributed by atoms with Gasteiger partial charge in [-0.2, -0.15) is 0 Å². The first-order valence-corrected chi connectivity index (χ1v) is 8.68. The molecule has 2 aromatic rings. The maximum atomic E-state index is 13.4. The maximum absolute atomic E-state index is 13.4. The molecule has 0 fully saturated rings. The fourth-order valence-corrected chi connectivity index (χ4v) is 3.15. The Morgan fingerprint density at radius 3 is 2.68 bits per heavy atom. The number of esters is 1. The van der Waals surface area contributed by atoms with Crippen molar-refractivity contribution in [2.45, 2.75) is 19.4 Å². The van der Waals surface area contributed by atoms with Gasteiger partial charge in [0.15, 0.2) is 18.2 Å². The van der Waals surface area contributed by atoms with Crippen molar-refractivity contribution in [2.24, 2.45) is 0 Å². The molecular formula is C19H15ClF2N2O4. The van der Waals surface area contributed by atoms with Crippen molar-refractivity contribution >= 4 is 40.8 Å². The van der Waals surface area contributed by atoms with Crippen LogP contribution in [0.5, 0.6) is 0 Å². The van der Waals surface area contributed by atoms with Gasteiger partial charge in [0, 0.05) is 12.5 Å². The van der Waals surface area contributed by atoms with Gasteiger partial charge in [0.05, 0.1) is 22.0 Å². The number of rotatable bonds is 3. The average molecular weight is 409 g/mol. The van der Waals surface area contributed by atoms with Crippen LogP contribution < -0.4 is 10.2 Å². The number of para-hydroxylation sites is 2. The molecule has 1 aliphatic rings. The van der Waals surface area contributed by atoms with Crippen molar-refractivity contribution in [2.75, 3.05) is 16.8 Å². The van der Waals surface area contributed by atoms with E-state index >= 15 is 0 Å². The van der Waals surface area contributed by atoms with E-state index in [0.717, 1.165) is 0 Å². The molecule has 0 spiro atoms. The van der Waals surface area contributed by atoms with Crippen LogP contribution in [0.15, 0.2) is 36.4 Å². The highest BCUT2D eigenvalue weighted by Crippen LogP contribution is 2.31. The van der Waals surface area contributed by atoms with Crippen molar-refractivity contribution in [3.8, 4) is 0 Å². The molecule has 1 atom stereocenters. The number of nitrogens with one attached hydrogen (secondary N) is 1. The standard InChI is InChI=1S/C19H15ClF2N2O4/c1-10-6-17(25)23-15-4-2-3-5-16(15)24(10)18(26)9-28-19(27)11-7-13(21)14(22)8-12(11)20/h2-5,7-8,10H,6,9H2,1H3,(H,23,25)/t10-/m0/s1. The smallest absolute Gasteiger partial charge is 0.340 e. The summed E-state index contributed by atoms with van der Waals surface area (Å²) >= 11 is 5.74. The first-order chi connectivity index (χ1) is 13.3. The lowest BCUT2D eigenvalue weighted by Crippen LogP contribution is -2.41. The van der Waals surface area contributed by atoms with Crippen LogP contribution in [-0.2, 0) is 14.3 Å². The third-order valence-electron chi connectivity index (χ3n) is 4.18. The molecule has 1 N–H and O–H groups in total. The zero-order chi connectivity index (χ0) is 20.4. The van der Waals surface area contributed by atoms with E-state index in [4.69, 9.17) is 16.3 Å². The van der Waals surface area contributed by atoms with E-state index in [1.54, 1.807) is 31.2 Å². The Balaban J connectivity index is 1.78. The third kappa shape index (κ3) is 3.96. The molecule has 1 heterocycles. The quantitative estimate of drug-likeness (QED) is 0.622. The lowest BCUT2D eigenvalue weighted by Gasteiger charge is -2.27. The number of hydrogen-bond donors (Lipinski definition) is 1. The first kappa shape index (κ1) is 19.8. The molecule has 2 amide bonds. The molecule has 0 unspecified atom stereocenters. The number of anilines is 2. The summed E-state index contributed by atoms with van der Waals surface area (Å²) in [6.45, 7) is 1.02. The van der Waals surface area contributed by atoms with Crippen LogP contribution in [0.3, 0.4) is 0 Å². The number of benzene rings is 2. The second-order valence-corrected chi connectivity index (χ2v) is 6.61. The topological polar surface area (TPSA) is 75.7 Å². The van der Waals surface area contributed by atoms with Crippen LogP contribution in [-0.4, -0.2) is 30.4 Å². The van der Waals surface area contributed by atoms with E-state index in [1.807, 2.05) is 0 Å². The van der Waals surface area contributed by atoms with Crippen molar-refractivity contribution in [1.82, 2.24) is 0 Å². The van der Waals surface area contributed by atoms with Crippen LogP contribution in [0.2, 0.25) is 5.02 Å². The molecule has 1 aliphatic heterocycles. The zero-order valence-corrected chi connectivity index (χ0v) is 15.4. The van der Waals surface area contributed by atoms with Gasteiger partial charge >= 0.3 is 5.97 Å². The summed E-state index contributed by atoms with van der Waals surface area (Å²) in [6, 6.07) is 7.50. The normalized spacial score (nSPS) is 16.1. The van der Waals surface area contributed by atoms with Crippen LogP contribution in [0.4, 0.5) is 20.2 Å². The Labute approximate surface area is 164 Å². The second kappa shape index (κ2) is 7.93. The Hall–Kier alpha value is -3.00. The minimum atomic E-state index is -1.26. The largest absolute Gasteiger partial charge is 0.452 e. The summed E-state index contributed by atoms with van der Waals surface area (Å²) in [5.41, 5.74) is 0.530. The Bertz CT molecular complexity index is 967. The molecule has 0 radical (unpaired) electrons. The molecule has 28 heavy (non-hydrogen) atoms. The van der Waals surface area contributed by atoms with E-state index in [1.165, 1.54) is 4.90 Å². The van der Waals surface area contributed by atoms with E-state index in [9.17, 15) is 23.2 Å².